The van der Waals surface area contributed by atoms with Gasteiger partial charge in [0.15, 0.2) is 5.58 Å². The Kier molecular flexibility index (Phi) is 4.21. The summed E-state index contributed by atoms with van der Waals surface area (Å²) in [6.45, 7) is 0.102. The number of ether oxygens (including phenoxy) is 2. The second kappa shape index (κ2) is 6.48. The van der Waals surface area contributed by atoms with Crippen molar-refractivity contribution in [2.45, 2.75) is 6.54 Å². The summed E-state index contributed by atoms with van der Waals surface area (Å²) in [5.74, 6) is -0.465. The molecule has 0 aliphatic rings. The molecule has 9 heteroatoms. The maximum atomic E-state index is 12.1. The molecule has 0 unspecified atom stereocenters. The lowest BCUT2D eigenvalue weighted by Crippen LogP contribution is -2.14. The molecule has 0 saturated heterocycles. The third kappa shape index (κ3) is 3.34. The van der Waals surface area contributed by atoms with Crippen molar-refractivity contribution < 1.29 is 23.6 Å². The van der Waals surface area contributed by atoms with Crippen LogP contribution in [0.3, 0.4) is 0 Å². The summed E-state index contributed by atoms with van der Waals surface area (Å²) in [6.07, 6.45) is -0.891. The largest absolute Gasteiger partial charge is 0.513 e. The Balaban J connectivity index is 1.95. The number of hydrogen-bond donors (Lipinski definition) is 0. The molecule has 2 aromatic carbocycles. The van der Waals surface area contributed by atoms with E-state index in [0.29, 0.717) is 11.1 Å². The molecule has 1 heterocycles. The van der Waals surface area contributed by atoms with Crippen LogP contribution in [-0.2, 0) is 11.3 Å². The van der Waals surface area contributed by atoms with Crippen LogP contribution in [0.15, 0.2) is 51.7 Å². The Morgan fingerprint density at radius 1 is 1.28 bits per heavy atom. The zero-order valence-corrected chi connectivity index (χ0v) is 13.0. The van der Waals surface area contributed by atoms with Crippen LogP contribution in [0.25, 0.3) is 11.1 Å². The second-order valence-corrected chi connectivity index (χ2v) is 5.07. The van der Waals surface area contributed by atoms with Gasteiger partial charge in [-0.3, -0.25) is 14.7 Å². The number of non-ortho nitro benzene ring substituents is 1. The molecule has 128 valence electrons. The van der Waals surface area contributed by atoms with Gasteiger partial charge >= 0.3 is 11.9 Å². The number of oxazole rings is 1. The topological polar surface area (TPSA) is 114 Å². The molecule has 1 aromatic heterocycles. The fourth-order valence-corrected chi connectivity index (χ4v) is 2.35. The van der Waals surface area contributed by atoms with Gasteiger partial charge in [-0.2, -0.15) is 0 Å². The molecule has 9 nitrogen and oxygen atoms in total. The molecular weight excluding hydrogens is 332 g/mol. The smallest absolute Gasteiger partial charge is 0.437 e. The van der Waals surface area contributed by atoms with Gasteiger partial charge in [0.1, 0.15) is 5.75 Å². The Hall–Kier alpha value is -3.62. The highest BCUT2D eigenvalue weighted by Crippen LogP contribution is 2.22. The van der Waals surface area contributed by atoms with Gasteiger partial charge in [-0.05, 0) is 17.7 Å². The zero-order chi connectivity index (χ0) is 18.0. The third-order valence-corrected chi connectivity index (χ3v) is 3.47. The minimum absolute atomic E-state index is 0.0629. The van der Waals surface area contributed by atoms with Gasteiger partial charge in [0.25, 0.3) is 5.69 Å². The first-order valence-corrected chi connectivity index (χ1v) is 7.10. The Morgan fingerprint density at radius 2 is 2.08 bits per heavy atom. The van der Waals surface area contributed by atoms with Gasteiger partial charge in [-0.25, -0.2) is 9.59 Å². The lowest BCUT2D eigenvalue weighted by atomic mass is 10.2. The average Bonchev–Trinajstić information content (AvgIpc) is 2.90. The molecule has 0 atom stereocenters. The average molecular weight is 344 g/mol. The van der Waals surface area contributed by atoms with Crippen LogP contribution in [-0.4, -0.2) is 22.8 Å². The second-order valence-electron chi connectivity index (χ2n) is 5.07. The standard InChI is InChI=1S/C16H12N2O7/c1-23-16(20)24-12-5-6-13-14(8-12)25-15(19)17(13)9-10-3-2-4-11(7-10)18(21)22/h2-8H,9H2,1H3. The number of benzene rings is 2. The van der Waals surface area contributed by atoms with Crippen molar-refractivity contribution in [2.75, 3.05) is 7.11 Å². The number of fused-ring (bicyclic) bond motifs is 1. The molecule has 0 bridgehead atoms. The summed E-state index contributed by atoms with van der Waals surface area (Å²) >= 11 is 0. The first-order valence-electron chi connectivity index (χ1n) is 7.10. The number of nitro groups is 1. The molecule has 0 radical (unpaired) electrons. The lowest BCUT2D eigenvalue weighted by Gasteiger charge is -2.04. The summed E-state index contributed by atoms with van der Waals surface area (Å²) in [4.78, 5) is 33.6. The highest BCUT2D eigenvalue weighted by atomic mass is 16.7. The van der Waals surface area contributed by atoms with E-state index >= 15 is 0 Å². The van der Waals surface area contributed by atoms with Crippen molar-refractivity contribution in [2.24, 2.45) is 0 Å². The molecule has 0 aliphatic carbocycles. The van der Waals surface area contributed by atoms with E-state index in [0.717, 1.165) is 0 Å². The maximum absolute atomic E-state index is 12.1. The molecule has 0 aliphatic heterocycles. The number of aromatic nitrogens is 1. The summed E-state index contributed by atoms with van der Waals surface area (Å²) in [6, 6.07) is 10.4. The number of carbonyl (C=O) groups excluding carboxylic acids is 1. The van der Waals surface area contributed by atoms with E-state index in [1.165, 1.54) is 35.9 Å². The molecular formula is C16H12N2O7. The summed E-state index contributed by atoms with van der Waals surface area (Å²) in [5.41, 5.74) is 1.20. The molecule has 0 spiro atoms. The van der Waals surface area contributed by atoms with Crippen molar-refractivity contribution in [3.8, 4) is 5.75 Å². The van der Waals surface area contributed by atoms with E-state index in [4.69, 9.17) is 9.15 Å². The number of nitro benzene ring substituents is 1. The van der Waals surface area contributed by atoms with Crippen molar-refractivity contribution >= 4 is 22.9 Å². The fraction of sp³-hybridized carbons (Fsp3) is 0.125. The summed E-state index contributed by atoms with van der Waals surface area (Å²) in [5, 5.41) is 10.9. The van der Waals surface area contributed by atoms with Crippen molar-refractivity contribution in [3.63, 3.8) is 0 Å². The zero-order valence-electron chi connectivity index (χ0n) is 13.0. The fourth-order valence-electron chi connectivity index (χ4n) is 2.35. The molecule has 0 saturated carbocycles. The Morgan fingerprint density at radius 3 is 2.80 bits per heavy atom. The summed E-state index contributed by atoms with van der Waals surface area (Å²) < 4.78 is 15.7. The van der Waals surface area contributed by atoms with Crippen LogP contribution < -0.4 is 10.5 Å². The van der Waals surface area contributed by atoms with Crippen LogP contribution in [0.5, 0.6) is 5.75 Å². The van der Waals surface area contributed by atoms with Crippen LogP contribution in [0, 0.1) is 10.1 Å². The molecule has 3 rings (SSSR count). The minimum atomic E-state index is -0.891. The SMILES string of the molecule is COC(=O)Oc1ccc2c(c1)oc(=O)n2Cc1cccc([N+](=O)[O-])c1. The van der Waals surface area contributed by atoms with Gasteiger partial charge in [-0.15, -0.1) is 0 Å². The quantitative estimate of drug-likeness (QED) is 0.309. The summed E-state index contributed by atoms with van der Waals surface area (Å²) in [7, 11) is 1.18. The first-order chi connectivity index (χ1) is 12.0. The number of carbonyl (C=O) groups is 1. The van der Waals surface area contributed by atoms with Crippen LogP contribution >= 0.6 is 0 Å². The first kappa shape index (κ1) is 16.2. The third-order valence-electron chi connectivity index (χ3n) is 3.47. The molecule has 25 heavy (non-hydrogen) atoms. The van der Waals surface area contributed by atoms with Crippen molar-refractivity contribution in [1.82, 2.24) is 4.57 Å². The van der Waals surface area contributed by atoms with Crippen LogP contribution in [0.2, 0.25) is 0 Å². The van der Waals surface area contributed by atoms with E-state index in [9.17, 15) is 19.7 Å². The van der Waals surface area contributed by atoms with Gasteiger partial charge in [-0.1, -0.05) is 12.1 Å². The van der Waals surface area contributed by atoms with Crippen molar-refractivity contribution in [3.05, 3.63) is 68.7 Å². The predicted octanol–water partition coefficient (Wildman–Crippen LogP) is 2.70. The lowest BCUT2D eigenvalue weighted by molar-refractivity contribution is -0.384. The van der Waals surface area contributed by atoms with Gasteiger partial charge < -0.3 is 13.9 Å². The van der Waals surface area contributed by atoms with Crippen LogP contribution in [0.4, 0.5) is 10.5 Å². The number of hydrogen-bond acceptors (Lipinski definition) is 7. The van der Waals surface area contributed by atoms with Crippen LogP contribution in [0.1, 0.15) is 5.56 Å². The number of nitrogens with zero attached hydrogens (tertiary/aromatic N) is 2. The van der Waals surface area contributed by atoms with E-state index < -0.39 is 16.8 Å². The van der Waals surface area contributed by atoms with Gasteiger partial charge in [0.2, 0.25) is 0 Å². The van der Waals surface area contributed by atoms with Gasteiger partial charge in [0.05, 0.1) is 24.1 Å². The Bertz CT molecular complexity index is 1020. The highest BCUT2D eigenvalue weighted by molar-refractivity contribution is 5.76. The normalized spacial score (nSPS) is 10.6. The number of rotatable bonds is 4. The molecule has 0 amide bonds. The van der Waals surface area contributed by atoms with E-state index in [2.05, 4.69) is 4.74 Å². The highest BCUT2D eigenvalue weighted by Gasteiger charge is 2.14. The Labute approximate surface area is 140 Å². The molecule has 3 aromatic rings. The van der Waals surface area contributed by atoms with Gasteiger partial charge in [0, 0.05) is 18.2 Å². The van der Waals surface area contributed by atoms with E-state index in [1.54, 1.807) is 18.2 Å². The molecule has 0 fully saturated rings. The minimum Gasteiger partial charge on any atom is -0.437 e. The predicted molar refractivity (Wildman–Crippen MR) is 85.7 cm³/mol. The van der Waals surface area contributed by atoms with Crippen molar-refractivity contribution in [1.29, 1.82) is 0 Å². The van der Waals surface area contributed by atoms with E-state index in [1.807, 2.05) is 0 Å². The maximum Gasteiger partial charge on any atom is 0.513 e. The monoisotopic (exact) mass is 344 g/mol. The van der Waals surface area contributed by atoms with E-state index in [-0.39, 0.29) is 23.6 Å². The molecule has 0 N–H and O–H groups in total. The number of methoxy groups -OCH3 is 1.